The van der Waals surface area contributed by atoms with E-state index in [0.717, 1.165) is 29.6 Å². The summed E-state index contributed by atoms with van der Waals surface area (Å²) < 4.78 is 2.64. The number of aromatic amines is 1. The van der Waals surface area contributed by atoms with Crippen molar-refractivity contribution in [1.29, 1.82) is 0 Å². The highest BCUT2D eigenvalue weighted by Gasteiger charge is 2.12. The van der Waals surface area contributed by atoms with E-state index in [-0.39, 0.29) is 0 Å². The fourth-order valence-corrected chi connectivity index (χ4v) is 2.48. The molecule has 17 heavy (non-hydrogen) atoms. The molecule has 0 amide bonds. The van der Waals surface area contributed by atoms with Crippen LogP contribution in [0, 0.1) is 4.77 Å². The zero-order chi connectivity index (χ0) is 12.4. The molecule has 1 N–H and O–H groups in total. The van der Waals surface area contributed by atoms with E-state index >= 15 is 0 Å². The van der Waals surface area contributed by atoms with Crippen molar-refractivity contribution in [2.45, 2.75) is 19.9 Å². The molecule has 0 aliphatic heterocycles. The molecule has 2 aromatic rings. The first-order valence-electron chi connectivity index (χ1n) is 5.42. The Kier molecular flexibility index (Phi) is 3.58. The van der Waals surface area contributed by atoms with E-state index in [4.69, 9.17) is 12.2 Å². The van der Waals surface area contributed by atoms with Crippen LogP contribution in [0.5, 0.6) is 0 Å². The molecule has 0 aromatic carbocycles. The number of aromatic nitrogens is 4. The third-order valence-electron chi connectivity index (χ3n) is 2.31. The maximum atomic E-state index is 5.21. The number of rotatable bonds is 4. The first kappa shape index (κ1) is 12.3. The molecule has 0 bridgehead atoms. The second kappa shape index (κ2) is 4.97. The third-order valence-corrected chi connectivity index (χ3v) is 3.63. The van der Waals surface area contributed by atoms with Crippen molar-refractivity contribution >= 4 is 28.7 Å². The van der Waals surface area contributed by atoms with E-state index in [1.807, 2.05) is 28.9 Å². The minimum atomic E-state index is 0.654. The van der Waals surface area contributed by atoms with E-state index < -0.39 is 0 Å². The molecule has 0 fully saturated rings. The Balaban J connectivity index is 2.41. The van der Waals surface area contributed by atoms with Crippen LogP contribution in [0.2, 0.25) is 0 Å². The van der Waals surface area contributed by atoms with Gasteiger partial charge in [-0.3, -0.25) is 9.67 Å². The van der Waals surface area contributed by atoms with Gasteiger partial charge in [0.15, 0.2) is 15.7 Å². The Morgan fingerprint density at radius 2 is 2.29 bits per heavy atom. The van der Waals surface area contributed by atoms with Crippen LogP contribution in [0.1, 0.15) is 13.3 Å². The highest BCUT2D eigenvalue weighted by molar-refractivity contribution is 7.71. The SMILES string of the molecule is CCCn1c(-c2csc(N(C)C)n2)n[nH]c1=S. The smallest absolute Gasteiger partial charge is 0.195 e. The first-order valence-corrected chi connectivity index (χ1v) is 6.70. The van der Waals surface area contributed by atoms with Gasteiger partial charge in [0.05, 0.1) is 0 Å². The number of thiazole rings is 1. The van der Waals surface area contributed by atoms with E-state index in [9.17, 15) is 0 Å². The minimum Gasteiger partial charge on any atom is -0.354 e. The van der Waals surface area contributed by atoms with Gasteiger partial charge in [-0.05, 0) is 18.6 Å². The molecular weight excluding hydrogens is 254 g/mol. The van der Waals surface area contributed by atoms with Gasteiger partial charge in [-0.25, -0.2) is 4.98 Å². The molecule has 0 saturated carbocycles. The molecule has 5 nitrogen and oxygen atoms in total. The van der Waals surface area contributed by atoms with Gasteiger partial charge in [-0.1, -0.05) is 6.92 Å². The van der Waals surface area contributed by atoms with Crippen LogP contribution in [0.4, 0.5) is 5.13 Å². The predicted molar refractivity (Wildman–Crippen MR) is 73.1 cm³/mol. The molecule has 0 atom stereocenters. The van der Waals surface area contributed by atoms with Crippen molar-refractivity contribution in [3.63, 3.8) is 0 Å². The minimum absolute atomic E-state index is 0.654. The molecule has 7 heteroatoms. The van der Waals surface area contributed by atoms with Gasteiger partial charge < -0.3 is 4.90 Å². The average molecular weight is 269 g/mol. The Hall–Kier alpha value is -1.21. The standard InChI is InChI=1S/C10H15N5S2/c1-4-5-15-8(12-13-9(15)16)7-6-17-10(11-7)14(2)3/h6H,4-5H2,1-3H3,(H,13,16). The zero-order valence-corrected chi connectivity index (χ0v) is 11.7. The molecule has 92 valence electrons. The number of nitrogens with zero attached hydrogens (tertiary/aromatic N) is 4. The van der Waals surface area contributed by atoms with Crippen LogP contribution >= 0.6 is 23.6 Å². The Labute approximate surface area is 109 Å². The topological polar surface area (TPSA) is 49.7 Å². The van der Waals surface area contributed by atoms with Gasteiger partial charge in [0.2, 0.25) is 0 Å². The highest BCUT2D eigenvalue weighted by atomic mass is 32.1. The average Bonchev–Trinajstić information content (AvgIpc) is 2.87. The maximum absolute atomic E-state index is 5.21. The van der Waals surface area contributed by atoms with Crippen LogP contribution in [-0.2, 0) is 6.54 Å². The van der Waals surface area contributed by atoms with Crippen LogP contribution in [0.25, 0.3) is 11.5 Å². The quantitative estimate of drug-likeness (QED) is 0.867. The summed E-state index contributed by atoms with van der Waals surface area (Å²) >= 11 is 6.81. The lowest BCUT2D eigenvalue weighted by molar-refractivity contribution is 0.674. The van der Waals surface area contributed by atoms with Gasteiger partial charge in [-0.15, -0.1) is 11.3 Å². The summed E-state index contributed by atoms with van der Waals surface area (Å²) in [7, 11) is 3.96. The summed E-state index contributed by atoms with van der Waals surface area (Å²) in [6.07, 6.45) is 1.02. The van der Waals surface area contributed by atoms with Gasteiger partial charge in [0, 0.05) is 26.0 Å². The third kappa shape index (κ3) is 2.39. The molecule has 0 saturated heterocycles. The lowest BCUT2D eigenvalue weighted by atomic mass is 10.4. The fraction of sp³-hybridized carbons (Fsp3) is 0.500. The van der Waals surface area contributed by atoms with Crippen molar-refractivity contribution in [3.05, 3.63) is 10.2 Å². The lowest BCUT2D eigenvalue weighted by Crippen LogP contribution is -2.08. The first-order chi connectivity index (χ1) is 8.13. The van der Waals surface area contributed by atoms with Crippen molar-refractivity contribution in [1.82, 2.24) is 19.7 Å². The van der Waals surface area contributed by atoms with Crippen molar-refractivity contribution < 1.29 is 0 Å². The molecule has 0 spiro atoms. The van der Waals surface area contributed by atoms with Crippen LogP contribution in [-0.4, -0.2) is 33.8 Å². The maximum Gasteiger partial charge on any atom is 0.195 e. The Morgan fingerprint density at radius 3 is 2.88 bits per heavy atom. The molecular formula is C10H15N5S2. The highest BCUT2D eigenvalue weighted by Crippen LogP contribution is 2.25. The van der Waals surface area contributed by atoms with E-state index in [1.54, 1.807) is 11.3 Å². The van der Waals surface area contributed by atoms with Crippen LogP contribution < -0.4 is 4.90 Å². The number of nitrogens with one attached hydrogen (secondary N) is 1. The number of anilines is 1. The lowest BCUT2D eigenvalue weighted by Gasteiger charge is -2.05. The summed E-state index contributed by atoms with van der Waals surface area (Å²) in [4.78, 5) is 6.52. The van der Waals surface area contributed by atoms with E-state index in [0.29, 0.717) is 4.77 Å². The summed E-state index contributed by atoms with van der Waals surface area (Å²) in [5, 5.41) is 10.1. The Morgan fingerprint density at radius 1 is 1.53 bits per heavy atom. The molecule has 2 heterocycles. The fourth-order valence-electron chi connectivity index (χ4n) is 1.52. The van der Waals surface area contributed by atoms with Crippen molar-refractivity contribution in [2.24, 2.45) is 0 Å². The molecule has 2 rings (SSSR count). The summed E-state index contributed by atoms with van der Waals surface area (Å²) in [6.45, 7) is 2.98. The Bertz CT molecular complexity index is 551. The van der Waals surface area contributed by atoms with Crippen LogP contribution in [0.15, 0.2) is 5.38 Å². The summed E-state index contributed by atoms with van der Waals surface area (Å²) in [6, 6.07) is 0. The summed E-state index contributed by atoms with van der Waals surface area (Å²) in [5.74, 6) is 0.821. The predicted octanol–water partition coefficient (Wildman–Crippen LogP) is 2.54. The second-order valence-electron chi connectivity index (χ2n) is 3.91. The van der Waals surface area contributed by atoms with E-state index in [1.165, 1.54) is 0 Å². The largest absolute Gasteiger partial charge is 0.354 e. The van der Waals surface area contributed by atoms with Crippen LogP contribution in [0.3, 0.4) is 0 Å². The molecule has 0 unspecified atom stereocenters. The normalized spacial score (nSPS) is 10.8. The van der Waals surface area contributed by atoms with Crippen molar-refractivity contribution in [3.8, 4) is 11.5 Å². The molecule has 0 aliphatic carbocycles. The monoisotopic (exact) mass is 269 g/mol. The van der Waals surface area contributed by atoms with Gasteiger partial charge >= 0.3 is 0 Å². The van der Waals surface area contributed by atoms with E-state index in [2.05, 4.69) is 22.1 Å². The van der Waals surface area contributed by atoms with Gasteiger partial charge in [0.25, 0.3) is 0 Å². The molecule has 0 aliphatic rings. The number of hydrogen-bond donors (Lipinski definition) is 1. The molecule has 0 radical (unpaired) electrons. The summed E-state index contributed by atoms with van der Waals surface area (Å²) in [5.41, 5.74) is 0.875. The zero-order valence-electron chi connectivity index (χ0n) is 10.1. The second-order valence-corrected chi connectivity index (χ2v) is 5.14. The number of H-pyrrole nitrogens is 1. The van der Waals surface area contributed by atoms with Gasteiger partial charge in [0.1, 0.15) is 5.69 Å². The van der Waals surface area contributed by atoms with Crippen molar-refractivity contribution in [2.75, 3.05) is 19.0 Å². The molecule has 2 aromatic heterocycles. The number of hydrogen-bond acceptors (Lipinski definition) is 5. The van der Waals surface area contributed by atoms with Gasteiger partial charge in [-0.2, -0.15) is 5.10 Å².